The molecule has 5 rings (SSSR count). The van der Waals surface area contributed by atoms with Crippen LogP contribution in [0, 0.1) is 23.2 Å². The predicted octanol–water partition coefficient (Wildman–Crippen LogP) is 3.46. The molecule has 1 aromatic heterocycles. The molecule has 6 heteroatoms. The second-order valence-corrected chi connectivity index (χ2v) is 8.77. The van der Waals surface area contributed by atoms with Gasteiger partial charge in [-0.1, -0.05) is 18.7 Å². The number of aromatic nitrogens is 3. The molecule has 1 aromatic rings. The Morgan fingerprint density at radius 3 is 2.50 bits per heavy atom. The molecule has 0 aliphatic heterocycles. The highest BCUT2D eigenvalue weighted by Crippen LogP contribution is 2.61. The van der Waals surface area contributed by atoms with Gasteiger partial charge in [0.25, 0.3) is 0 Å². The van der Waals surface area contributed by atoms with Gasteiger partial charge in [0.05, 0.1) is 0 Å². The molecule has 0 aromatic carbocycles. The maximum atomic E-state index is 12.5. The molecule has 0 atom stereocenters. The van der Waals surface area contributed by atoms with Crippen LogP contribution in [0.2, 0.25) is 0 Å². The first-order valence-electron chi connectivity index (χ1n) is 8.49. The Kier molecular flexibility index (Phi) is 3.67. The standard InChI is InChI=1S/C16H24N4OS/c1-2-22-15-18-14(19-20-15)17-13(21)9-16-6-10-3-11(7-16)5-12(4-10)8-16/h10-12H,2-9H2,1H3,(H2,17,18,19,20,21). The summed E-state index contributed by atoms with van der Waals surface area (Å²) in [4.78, 5) is 16.8. The van der Waals surface area contributed by atoms with Crippen molar-refractivity contribution in [2.45, 2.75) is 57.0 Å². The van der Waals surface area contributed by atoms with E-state index in [1.54, 1.807) is 11.8 Å². The summed E-state index contributed by atoms with van der Waals surface area (Å²) >= 11 is 1.57. The lowest BCUT2D eigenvalue weighted by Gasteiger charge is -2.56. The summed E-state index contributed by atoms with van der Waals surface area (Å²) in [6, 6.07) is 0. The first kappa shape index (κ1) is 14.5. The molecular weight excluding hydrogens is 296 g/mol. The molecule has 2 N–H and O–H groups in total. The van der Waals surface area contributed by atoms with Gasteiger partial charge in [-0.25, -0.2) is 5.10 Å². The van der Waals surface area contributed by atoms with Crippen molar-refractivity contribution in [3.63, 3.8) is 0 Å². The average Bonchev–Trinajstić information content (AvgIpc) is 2.83. The van der Waals surface area contributed by atoms with Crippen molar-refractivity contribution >= 4 is 23.6 Å². The lowest BCUT2D eigenvalue weighted by atomic mass is 9.49. The molecule has 0 saturated heterocycles. The van der Waals surface area contributed by atoms with Crippen LogP contribution in [-0.4, -0.2) is 26.8 Å². The smallest absolute Gasteiger partial charge is 0.227 e. The summed E-state index contributed by atoms with van der Waals surface area (Å²) in [6.45, 7) is 2.06. The van der Waals surface area contributed by atoms with E-state index in [0.29, 0.717) is 17.5 Å². The number of carbonyl (C=O) groups is 1. The molecule has 4 fully saturated rings. The van der Waals surface area contributed by atoms with Gasteiger partial charge in [-0.05, 0) is 67.4 Å². The van der Waals surface area contributed by atoms with Gasteiger partial charge in [-0.2, -0.15) is 4.98 Å². The van der Waals surface area contributed by atoms with E-state index >= 15 is 0 Å². The van der Waals surface area contributed by atoms with E-state index in [9.17, 15) is 4.79 Å². The summed E-state index contributed by atoms with van der Waals surface area (Å²) in [5, 5.41) is 10.5. The Balaban J connectivity index is 1.39. The first-order chi connectivity index (χ1) is 10.6. The van der Waals surface area contributed by atoms with Gasteiger partial charge in [0.2, 0.25) is 17.0 Å². The quantitative estimate of drug-likeness (QED) is 0.815. The minimum absolute atomic E-state index is 0.103. The summed E-state index contributed by atoms with van der Waals surface area (Å²) < 4.78 is 0. The molecule has 22 heavy (non-hydrogen) atoms. The third-order valence-electron chi connectivity index (χ3n) is 5.70. The third-order valence-corrected chi connectivity index (χ3v) is 6.43. The SMILES string of the molecule is CCSc1n[nH]c(NC(=O)CC23CC4CC(CC(C4)C2)C3)n1. The highest BCUT2D eigenvalue weighted by molar-refractivity contribution is 7.99. The Labute approximate surface area is 135 Å². The van der Waals surface area contributed by atoms with Crippen molar-refractivity contribution in [2.75, 3.05) is 11.1 Å². The molecule has 0 spiro atoms. The predicted molar refractivity (Wildman–Crippen MR) is 86.6 cm³/mol. The van der Waals surface area contributed by atoms with E-state index in [1.165, 1.54) is 38.5 Å². The summed E-state index contributed by atoms with van der Waals surface area (Å²) in [5.74, 6) is 4.18. The van der Waals surface area contributed by atoms with Gasteiger partial charge in [0.1, 0.15) is 0 Å². The van der Waals surface area contributed by atoms with Crippen LogP contribution in [0.1, 0.15) is 51.9 Å². The molecular formula is C16H24N4OS. The minimum Gasteiger partial charge on any atom is -0.295 e. The van der Waals surface area contributed by atoms with E-state index in [2.05, 4.69) is 27.4 Å². The second kappa shape index (κ2) is 5.55. The zero-order valence-corrected chi connectivity index (χ0v) is 13.9. The van der Waals surface area contributed by atoms with Crippen molar-refractivity contribution in [2.24, 2.45) is 23.2 Å². The molecule has 4 aliphatic rings. The molecule has 4 saturated carbocycles. The highest BCUT2D eigenvalue weighted by atomic mass is 32.2. The lowest BCUT2D eigenvalue weighted by molar-refractivity contribution is -0.124. The number of thioether (sulfide) groups is 1. The molecule has 0 radical (unpaired) electrons. The first-order valence-corrected chi connectivity index (χ1v) is 9.48. The molecule has 4 aliphatic carbocycles. The Morgan fingerprint density at radius 2 is 1.91 bits per heavy atom. The second-order valence-electron chi connectivity index (χ2n) is 7.54. The van der Waals surface area contributed by atoms with Crippen molar-refractivity contribution < 1.29 is 4.79 Å². The monoisotopic (exact) mass is 320 g/mol. The number of nitrogens with one attached hydrogen (secondary N) is 2. The van der Waals surface area contributed by atoms with E-state index in [-0.39, 0.29) is 11.3 Å². The Bertz CT molecular complexity index is 535. The zero-order chi connectivity index (χ0) is 15.2. The maximum absolute atomic E-state index is 12.5. The largest absolute Gasteiger partial charge is 0.295 e. The maximum Gasteiger partial charge on any atom is 0.227 e. The van der Waals surface area contributed by atoms with Crippen molar-refractivity contribution in [1.29, 1.82) is 0 Å². The fraction of sp³-hybridized carbons (Fsp3) is 0.812. The molecule has 0 unspecified atom stereocenters. The van der Waals surface area contributed by atoms with Gasteiger partial charge in [0.15, 0.2) is 0 Å². The number of anilines is 1. The Hall–Kier alpha value is -1.04. The summed E-state index contributed by atoms with van der Waals surface area (Å²) in [6.07, 6.45) is 8.70. The van der Waals surface area contributed by atoms with Crippen LogP contribution in [0.3, 0.4) is 0 Å². The average molecular weight is 320 g/mol. The van der Waals surface area contributed by atoms with Gasteiger partial charge in [-0.15, -0.1) is 5.10 Å². The lowest BCUT2D eigenvalue weighted by Crippen LogP contribution is -2.47. The van der Waals surface area contributed by atoms with E-state index in [4.69, 9.17) is 0 Å². The third kappa shape index (κ3) is 2.77. The number of hydrogen-bond acceptors (Lipinski definition) is 4. The normalized spacial score (nSPS) is 35.8. The number of H-pyrrole nitrogens is 1. The van der Waals surface area contributed by atoms with E-state index in [0.717, 1.165) is 23.5 Å². The number of nitrogens with zero attached hydrogens (tertiary/aromatic N) is 2. The van der Waals surface area contributed by atoms with Crippen molar-refractivity contribution in [3.8, 4) is 0 Å². The van der Waals surface area contributed by atoms with Crippen LogP contribution in [0.5, 0.6) is 0 Å². The Morgan fingerprint density at radius 1 is 1.27 bits per heavy atom. The van der Waals surface area contributed by atoms with Gasteiger partial charge in [0, 0.05) is 6.42 Å². The van der Waals surface area contributed by atoms with Crippen LogP contribution in [0.15, 0.2) is 5.16 Å². The van der Waals surface area contributed by atoms with Gasteiger partial charge >= 0.3 is 0 Å². The molecule has 4 bridgehead atoms. The number of amides is 1. The molecule has 120 valence electrons. The topological polar surface area (TPSA) is 70.7 Å². The van der Waals surface area contributed by atoms with E-state index < -0.39 is 0 Å². The number of aromatic amines is 1. The minimum atomic E-state index is 0.103. The number of carbonyl (C=O) groups excluding carboxylic acids is 1. The molecule has 5 nitrogen and oxygen atoms in total. The summed E-state index contributed by atoms with van der Waals surface area (Å²) in [7, 11) is 0. The number of rotatable bonds is 5. The van der Waals surface area contributed by atoms with Crippen LogP contribution >= 0.6 is 11.8 Å². The molecule has 1 heterocycles. The van der Waals surface area contributed by atoms with Crippen LogP contribution in [0.4, 0.5) is 5.95 Å². The zero-order valence-electron chi connectivity index (χ0n) is 13.1. The van der Waals surface area contributed by atoms with Crippen molar-refractivity contribution in [1.82, 2.24) is 15.2 Å². The number of hydrogen-bond donors (Lipinski definition) is 2. The fourth-order valence-electron chi connectivity index (χ4n) is 5.52. The van der Waals surface area contributed by atoms with Crippen LogP contribution < -0.4 is 5.32 Å². The van der Waals surface area contributed by atoms with Crippen molar-refractivity contribution in [3.05, 3.63) is 0 Å². The highest BCUT2D eigenvalue weighted by Gasteiger charge is 2.51. The van der Waals surface area contributed by atoms with Gasteiger partial charge in [-0.3, -0.25) is 10.1 Å². The molecule has 1 amide bonds. The van der Waals surface area contributed by atoms with E-state index in [1.807, 2.05) is 0 Å². The fourth-order valence-corrected chi connectivity index (χ4v) is 6.04. The summed E-state index contributed by atoms with van der Waals surface area (Å²) in [5.41, 5.74) is 0.278. The van der Waals surface area contributed by atoms with Gasteiger partial charge < -0.3 is 0 Å². The van der Waals surface area contributed by atoms with Crippen LogP contribution in [-0.2, 0) is 4.79 Å². The van der Waals surface area contributed by atoms with Crippen LogP contribution in [0.25, 0.3) is 0 Å².